The maximum atomic E-state index is 5.81. The van der Waals surface area contributed by atoms with Crippen LogP contribution >= 0.6 is 11.6 Å². The molecule has 2 rings (SSSR count). The Kier molecular flexibility index (Phi) is 3.84. The summed E-state index contributed by atoms with van der Waals surface area (Å²) in [5.41, 5.74) is 0.254. The summed E-state index contributed by atoms with van der Waals surface area (Å²) in [5.74, 6) is 0.755. The zero-order valence-corrected chi connectivity index (χ0v) is 11.2. The highest BCUT2D eigenvalue weighted by atomic mass is 35.5. The van der Waals surface area contributed by atoms with E-state index in [2.05, 4.69) is 34.3 Å². The zero-order valence-electron chi connectivity index (χ0n) is 10.4. The van der Waals surface area contributed by atoms with Crippen LogP contribution in [0, 0.1) is 0 Å². The number of hydrogen-bond donors (Lipinski definition) is 1. The van der Waals surface area contributed by atoms with Crippen LogP contribution in [0.1, 0.15) is 25.7 Å². The number of nitrogens with one attached hydrogen (secondary N) is 1. The first-order chi connectivity index (χ1) is 8.12. The van der Waals surface area contributed by atoms with Crippen LogP contribution in [-0.4, -0.2) is 41.0 Å². The molecule has 1 N–H and O–H groups in total. The van der Waals surface area contributed by atoms with Crippen LogP contribution in [0.5, 0.6) is 0 Å². The van der Waals surface area contributed by atoms with Crippen molar-refractivity contribution in [3.05, 3.63) is 17.5 Å². The van der Waals surface area contributed by atoms with Crippen molar-refractivity contribution in [2.24, 2.45) is 0 Å². The lowest BCUT2D eigenvalue weighted by Gasteiger charge is -2.36. The summed E-state index contributed by atoms with van der Waals surface area (Å²) in [5, 5.41) is 3.78. The van der Waals surface area contributed by atoms with E-state index in [0.29, 0.717) is 5.15 Å². The summed E-state index contributed by atoms with van der Waals surface area (Å²) in [4.78, 5) is 10.5. The molecule has 1 aromatic heterocycles. The summed E-state index contributed by atoms with van der Waals surface area (Å²) in [6, 6.07) is 0. The van der Waals surface area contributed by atoms with Gasteiger partial charge in [0.25, 0.3) is 0 Å². The number of aromatic nitrogens is 2. The van der Waals surface area contributed by atoms with Gasteiger partial charge in [0.15, 0.2) is 0 Å². The predicted octanol–water partition coefficient (Wildman–Crippen LogP) is 2.42. The van der Waals surface area contributed by atoms with Gasteiger partial charge in [0.05, 0.1) is 12.4 Å². The normalized spacial score (nSPS) is 18.6. The van der Waals surface area contributed by atoms with E-state index in [9.17, 15) is 0 Å². The Morgan fingerprint density at radius 1 is 1.35 bits per heavy atom. The molecule has 1 aromatic rings. The van der Waals surface area contributed by atoms with Crippen LogP contribution in [0.25, 0.3) is 0 Å². The van der Waals surface area contributed by atoms with Crippen molar-refractivity contribution in [2.75, 3.05) is 26.0 Å². The van der Waals surface area contributed by atoms with E-state index < -0.39 is 0 Å². The highest BCUT2D eigenvalue weighted by molar-refractivity contribution is 6.29. The highest BCUT2D eigenvalue weighted by Crippen LogP contribution is 2.33. The molecule has 17 heavy (non-hydrogen) atoms. The van der Waals surface area contributed by atoms with Crippen LogP contribution in [0.3, 0.4) is 0 Å². The monoisotopic (exact) mass is 254 g/mol. The molecule has 1 aliphatic rings. The fourth-order valence-corrected chi connectivity index (χ4v) is 2.65. The van der Waals surface area contributed by atoms with E-state index in [1.165, 1.54) is 25.7 Å². The molecule has 1 aliphatic carbocycles. The van der Waals surface area contributed by atoms with Gasteiger partial charge in [-0.15, -0.1) is 0 Å². The topological polar surface area (TPSA) is 41.0 Å². The SMILES string of the molecule is CN(C)C1(CNc2cncc(Cl)n2)CCCC1. The van der Waals surface area contributed by atoms with Gasteiger partial charge in [-0.1, -0.05) is 24.4 Å². The summed E-state index contributed by atoms with van der Waals surface area (Å²) < 4.78 is 0. The van der Waals surface area contributed by atoms with Crippen molar-refractivity contribution in [3.8, 4) is 0 Å². The molecule has 0 bridgehead atoms. The van der Waals surface area contributed by atoms with Gasteiger partial charge in [-0.3, -0.25) is 4.98 Å². The van der Waals surface area contributed by atoms with Gasteiger partial charge >= 0.3 is 0 Å². The summed E-state index contributed by atoms with van der Waals surface area (Å²) in [6.45, 7) is 0.898. The van der Waals surface area contributed by atoms with E-state index in [4.69, 9.17) is 11.6 Å². The second-order valence-corrected chi connectivity index (χ2v) is 5.29. The first-order valence-electron chi connectivity index (χ1n) is 6.01. The van der Waals surface area contributed by atoms with Crippen LogP contribution in [0.4, 0.5) is 5.82 Å². The fraction of sp³-hybridized carbons (Fsp3) is 0.667. The Bertz CT molecular complexity index is 375. The number of nitrogens with zero attached hydrogens (tertiary/aromatic N) is 3. The van der Waals surface area contributed by atoms with Gasteiger partial charge in [0, 0.05) is 12.1 Å². The van der Waals surface area contributed by atoms with Gasteiger partial charge in [-0.25, -0.2) is 4.98 Å². The van der Waals surface area contributed by atoms with Crippen molar-refractivity contribution in [1.82, 2.24) is 14.9 Å². The average molecular weight is 255 g/mol. The van der Waals surface area contributed by atoms with E-state index in [-0.39, 0.29) is 5.54 Å². The maximum Gasteiger partial charge on any atom is 0.149 e. The number of hydrogen-bond acceptors (Lipinski definition) is 4. The molecule has 0 atom stereocenters. The Labute approximate surface area is 107 Å². The highest BCUT2D eigenvalue weighted by Gasteiger charge is 2.35. The first kappa shape index (κ1) is 12.6. The largest absolute Gasteiger partial charge is 0.367 e. The molecule has 1 heterocycles. The van der Waals surface area contributed by atoms with Crippen molar-refractivity contribution >= 4 is 17.4 Å². The number of halogens is 1. The second kappa shape index (κ2) is 5.19. The molecule has 0 aliphatic heterocycles. The van der Waals surface area contributed by atoms with Crippen LogP contribution in [0.2, 0.25) is 5.15 Å². The lowest BCUT2D eigenvalue weighted by molar-refractivity contribution is 0.172. The van der Waals surface area contributed by atoms with E-state index >= 15 is 0 Å². The molecule has 0 spiro atoms. The molecule has 0 amide bonds. The minimum absolute atomic E-state index is 0.254. The van der Waals surface area contributed by atoms with Crippen LogP contribution < -0.4 is 5.32 Å². The Hall–Kier alpha value is -0.870. The van der Waals surface area contributed by atoms with E-state index in [0.717, 1.165) is 12.4 Å². The third-order valence-corrected chi connectivity index (χ3v) is 3.87. The maximum absolute atomic E-state index is 5.81. The second-order valence-electron chi connectivity index (χ2n) is 4.91. The molecular formula is C12H19ClN4. The minimum atomic E-state index is 0.254. The summed E-state index contributed by atoms with van der Waals surface area (Å²) in [7, 11) is 4.30. The molecule has 0 saturated heterocycles. The van der Waals surface area contributed by atoms with E-state index in [1.54, 1.807) is 12.4 Å². The molecule has 0 radical (unpaired) electrons. The minimum Gasteiger partial charge on any atom is -0.367 e. The summed E-state index contributed by atoms with van der Waals surface area (Å²) >= 11 is 5.81. The quantitative estimate of drug-likeness (QED) is 0.896. The zero-order chi connectivity index (χ0) is 12.3. The average Bonchev–Trinajstić information content (AvgIpc) is 2.76. The smallest absolute Gasteiger partial charge is 0.149 e. The number of anilines is 1. The molecule has 1 saturated carbocycles. The third-order valence-electron chi connectivity index (χ3n) is 3.69. The van der Waals surface area contributed by atoms with Gasteiger partial charge in [0.2, 0.25) is 0 Å². The van der Waals surface area contributed by atoms with Gasteiger partial charge < -0.3 is 10.2 Å². The number of rotatable bonds is 4. The lowest BCUT2D eigenvalue weighted by Crippen LogP contribution is -2.47. The number of likely N-dealkylation sites (N-methyl/N-ethyl adjacent to an activating group) is 1. The molecule has 5 heteroatoms. The predicted molar refractivity (Wildman–Crippen MR) is 70.4 cm³/mol. The van der Waals surface area contributed by atoms with Crippen molar-refractivity contribution in [1.29, 1.82) is 0 Å². The van der Waals surface area contributed by atoms with Gasteiger partial charge in [-0.2, -0.15) is 0 Å². The molecule has 0 unspecified atom stereocenters. The third kappa shape index (κ3) is 2.87. The first-order valence-corrected chi connectivity index (χ1v) is 6.39. The Morgan fingerprint density at radius 3 is 2.65 bits per heavy atom. The van der Waals surface area contributed by atoms with Crippen molar-refractivity contribution in [3.63, 3.8) is 0 Å². The molecule has 0 aromatic carbocycles. The molecule has 1 fully saturated rings. The standard InChI is InChI=1S/C12H19ClN4/c1-17(2)12(5-3-4-6-12)9-15-11-8-14-7-10(13)16-11/h7-8H,3-6,9H2,1-2H3,(H,15,16). The summed E-state index contributed by atoms with van der Waals surface area (Å²) in [6.07, 6.45) is 8.35. The lowest BCUT2D eigenvalue weighted by atomic mass is 9.96. The van der Waals surface area contributed by atoms with Gasteiger partial charge in [0.1, 0.15) is 11.0 Å². The Morgan fingerprint density at radius 2 is 2.06 bits per heavy atom. The van der Waals surface area contributed by atoms with E-state index in [1.807, 2.05) is 0 Å². The van der Waals surface area contributed by atoms with Crippen molar-refractivity contribution in [2.45, 2.75) is 31.2 Å². The van der Waals surface area contributed by atoms with Gasteiger partial charge in [-0.05, 0) is 26.9 Å². The Balaban J connectivity index is 2.01. The van der Waals surface area contributed by atoms with Crippen LogP contribution in [0.15, 0.2) is 12.4 Å². The fourth-order valence-electron chi connectivity index (χ4n) is 2.50. The van der Waals surface area contributed by atoms with Crippen LogP contribution in [-0.2, 0) is 0 Å². The molecule has 4 nitrogen and oxygen atoms in total. The molecule has 94 valence electrons. The van der Waals surface area contributed by atoms with Crippen molar-refractivity contribution < 1.29 is 0 Å². The molecular weight excluding hydrogens is 236 g/mol.